The molecule has 0 aliphatic heterocycles. The Balaban J connectivity index is 1.48. The van der Waals surface area contributed by atoms with E-state index in [9.17, 15) is 13.2 Å². The van der Waals surface area contributed by atoms with Crippen LogP contribution >= 0.6 is 0 Å². The molecule has 160 valence electrons. The van der Waals surface area contributed by atoms with Crippen LogP contribution in [0.5, 0.6) is 0 Å². The van der Waals surface area contributed by atoms with Gasteiger partial charge in [0.2, 0.25) is 10.0 Å². The molecule has 4 fully saturated rings. The average Bonchev–Trinajstić information content (AvgIpc) is 3.17. The van der Waals surface area contributed by atoms with Crippen molar-refractivity contribution in [1.82, 2.24) is 25.5 Å². The Bertz CT molecular complexity index is 1110. The van der Waals surface area contributed by atoms with Gasteiger partial charge in [-0.15, -0.1) is 10.2 Å². The standard InChI is InChI=1S/C20H26N6O3S/c1-12-3-16(5-17(13(12)2)30(21,28)29)18(27)24-19-6-14-4-15(7-19)9-20(8-14,10-19)26-23-11-22-25-26/h3,5,11,14-15H,4,6-10H2,1-2H3,(H,24,27)(H2,21,28,29)/t14-,15+,19?,20?. The molecular weight excluding hydrogens is 404 g/mol. The van der Waals surface area contributed by atoms with Gasteiger partial charge in [0.25, 0.3) is 5.91 Å². The lowest BCUT2D eigenvalue weighted by molar-refractivity contribution is -0.0810. The van der Waals surface area contributed by atoms with Gasteiger partial charge in [0, 0.05) is 11.1 Å². The molecule has 1 aromatic carbocycles. The summed E-state index contributed by atoms with van der Waals surface area (Å²) in [7, 11) is -3.91. The van der Waals surface area contributed by atoms with Crippen molar-refractivity contribution in [2.24, 2.45) is 17.0 Å². The summed E-state index contributed by atoms with van der Waals surface area (Å²) in [5.74, 6) is 0.765. The Kier molecular flexibility index (Phi) is 4.14. The quantitative estimate of drug-likeness (QED) is 0.754. The van der Waals surface area contributed by atoms with E-state index in [0.717, 1.165) is 37.7 Å². The molecule has 0 spiro atoms. The zero-order chi connectivity index (χ0) is 21.3. The highest BCUT2D eigenvalue weighted by Crippen LogP contribution is 2.60. The number of hydrogen-bond acceptors (Lipinski definition) is 6. The Morgan fingerprint density at radius 2 is 1.90 bits per heavy atom. The summed E-state index contributed by atoms with van der Waals surface area (Å²) >= 11 is 0. The Hall–Kier alpha value is -2.33. The van der Waals surface area contributed by atoms with Crippen LogP contribution in [0.4, 0.5) is 0 Å². The summed E-state index contributed by atoms with van der Waals surface area (Å²) < 4.78 is 24.0. The highest BCUT2D eigenvalue weighted by atomic mass is 32.2. The molecule has 6 rings (SSSR count). The van der Waals surface area contributed by atoms with Gasteiger partial charge in [0.15, 0.2) is 6.33 Å². The summed E-state index contributed by atoms with van der Waals surface area (Å²) in [6.45, 7) is 3.49. The number of tetrazole rings is 1. The maximum atomic E-state index is 13.3. The number of carbonyl (C=O) groups excluding carboxylic acids is 1. The predicted molar refractivity (Wildman–Crippen MR) is 108 cm³/mol. The first kappa shape index (κ1) is 19.6. The van der Waals surface area contributed by atoms with E-state index in [2.05, 4.69) is 20.7 Å². The Morgan fingerprint density at radius 1 is 1.20 bits per heavy atom. The van der Waals surface area contributed by atoms with Crippen LogP contribution in [0.1, 0.15) is 60.0 Å². The Morgan fingerprint density at radius 3 is 2.50 bits per heavy atom. The van der Waals surface area contributed by atoms with E-state index in [1.165, 1.54) is 18.8 Å². The lowest BCUT2D eigenvalue weighted by atomic mass is 9.50. The molecule has 1 amide bonds. The maximum absolute atomic E-state index is 13.3. The average molecular weight is 431 g/mol. The molecule has 0 saturated heterocycles. The van der Waals surface area contributed by atoms with E-state index in [-0.39, 0.29) is 21.9 Å². The van der Waals surface area contributed by atoms with Gasteiger partial charge < -0.3 is 5.32 Å². The molecule has 2 aromatic rings. The third kappa shape index (κ3) is 3.04. The Labute approximate surface area is 175 Å². The van der Waals surface area contributed by atoms with Crippen molar-refractivity contribution in [2.75, 3.05) is 0 Å². The molecule has 10 heteroatoms. The fourth-order valence-corrected chi connectivity index (χ4v) is 7.42. The second-order valence-electron chi connectivity index (χ2n) is 9.61. The van der Waals surface area contributed by atoms with Crippen LogP contribution < -0.4 is 10.5 Å². The van der Waals surface area contributed by atoms with Crippen LogP contribution in [0.3, 0.4) is 0 Å². The number of amides is 1. The smallest absolute Gasteiger partial charge is 0.251 e. The monoisotopic (exact) mass is 430 g/mol. The van der Waals surface area contributed by atoms with E-state index in [1.807, 2.05) is 0 Å². The fraction of sp³-hybridized carbons (Fsp3) is 0.600. The van der Waals surface area contributed by atoms with Crippen molar-refractivity contribution in [1.29, 1.82) is 0 Å². The number of aromatic nitrogens is 4. The molecule has 9 nitrogen and oxygen atoms in total. The summed E-state index contributed by atoms with van der Waals surface area (Å²) in [6, 6.07) is 3.12. The van der Waals surface area contributed by atoms with Gasteiger partial charge in [-0.25, -0.2) is 13.6 Å². The van der Waals surface area contributed by atoms with E-state index in [4.69, 9.17) is 5.14 Å². The van der Waals surface area contributed by atoms with Crippen molar-refractivity contribution in [3.63, 3.8) is 0 Å². The van der Waals surface area contributed by atoms with Gasteiger partial charge in [0.1, 0.15) is 0 Å². The highest BCUT2D eigenvalue weighted by molar-refractivity contribution is 7.89. The molecule has 1 aromatic heterocycles. The van der Waals surface area contributed by atoms with Crippen LogP contribution in [0.15, 0.2) is 23.4 Å². The van der Waals surface area contributed by atoms with Crippen molar-refractivity contribution in [3.05, 3.63) is 35.2 Å². The summed E-state index contributed by atoms with van der Waals surface area (Å²) in [5, 5.41) is 21.1. The van der Waals surface area contributed by atoms with Crippen LogP contribution in [0, 0.1) is 25.7 Å². The van der Waals surface area contributed by atoms with Crippen molar-refractivity contribution >= 4 is 15.9 Å². The zero-order valence-electron chi connectivity index (χ0n) is 17.1. The van der Waals surface area contributed by atoms with E-state index >= 15 is 0 Å². The summed E-state index contributed by atoms with van der Waals surface area (Å²) in [6.07, 6.45) is 7.29. The first-order valence-electron chi connectivity index (χ1n) is 10.3. The second-order valence-corrected chi connectivity index (χ2v) is 11.1. The number of rotatable bonds is 4. The molecule has 4 aliphatic carbocycles. The number of primary sulfonamides is 1. The van der Waals surface area contributed by atoms with E-state index in [0.29, 0.717) is 23.0 Å². The van der Waals surface area contributed by atoms with Gasteiger partial charge >= 0.3 is 0 Å². The van der Waals surface area contributed by atoms with Crippen LogP contribution in [-0.2, 0) is 15.6 Å². The molecule has 4 aliphatic rings. The molecule has 4 atom stereocenters. The van der Waals surface area contributed by atoms with Gasteiger partial charge in [-0.2, -0.15) is 4.80 Å². The minimum absolute atomic E-state index is 0.00134. The SMILES string of the molecule is Cc1cc(C(=O)NC23C[C@H]4C[C@@H](C2)CC(n2ncnn2)(C4)C3)cc(S(N)(=O)=O)c1C. The van der Waals surface area contributed by atoms with Gasteiger partial charge in [-0.1, -0.05) is 0 Å². The normalized spacial score (nSPS) is 32.4. The number of nitrogens with one attached hydrogen (secondary N) is 1. The number of hydrogen-bond donors (Lipinski definition) is 2. The minimum atomic E-state index is -3.91. The topological polar surface area (TPSA) is 133 Å². The first-order chi connectivity index (χ1) is 14.1. The number of nitrogens with two attached hydrogens (primary N) is 1. The fourth-order valence-electron chi connectivity index (χ4n) is 6.55. The first-order valence-corrected chi connectivity index (χ1v) is 11.8. The van der Waals surface area contributed by atoms with Crippen molar-refractivity contribution in [3.8, 4) is 0 Å². The van der Waals surface area contributed by atoms with Crippen LogP contribution in [-0.4, -0.2) is 40.1 Å². The lowest BCUT2D eigenvalue weighted by Gasteiger charge is -2.61. The largest absolute Gasteiger partial charge is 0.346 e. The molecule has 4 saturated carbocycles. The van der Waals surface area contributed by atoms with Crippen molar-refractivity contribution in [2.45, 2.75) is 68.3 Å². The van der Waals surface area contributed by atoms with Crippen LogP contribution in [0.25, 0.3) is 0 Å². The third-order valence-corrected chi connectivity index (χ3v) is 8.41. The number of benzene rings is 1. The molecule has 30 heavy (non-hydrogen) atoms. The number of aryl methyl sites for hydroxylation is 1. The molecule has 0 radical (unpaired) electrons. The summed E-state index contributed by atoms with van der Waals surface area (Å²) in [4.78, 5) is 15.0. The zero-order valence-corrected chi connectivity index (χ0v) is 17.9. The predicted octanol–water partition coefficient (Wildman–Crippen LogP) is 1.42. The number of nitrogens with zero attached hydrogens (tertiary/aromatic N) is 4. The molecule has 1 heterocycles. The molecule has 2 unspecified atom stereocenters. The van der Waals surface area contributed by atoms with Gasteiger partial charge in [0.05, 0.1) is 10.4 Å². The van der Waals surface area contributed by atoms with Crippen LogP contribution in [0.2, 0.25) is 0 Å². The lowest BCUT2D eigenvalue weighted by Crippen LogP contribution is -2.66. The summed E-state index contributed by atoms with van der Waals surface area (Å²) in [5.41, 5.74) is 1.07. The second kappa shape index (κ2) is 6.34. The van der Waals surface area contributed by atoms with Gasteiger partial charge in [-0.05, 0) is 92.7 Å². The number of sulfonamides is 1. The van der Waals surface area contributed by atoms with Gasteiger partial charge in [-0.3, -0.25) is 4.79 Å². The third-order valence-electron chi connectivity index (χ3n) is 7.37. The minimum Gasteiger partial charge on any atom is -0.346 e. The number of carbonyl (C=O) groups is 1. The molecule has 4 bridgehead atoms. The van der Waals surface area contributed by atoms with Crippen molar-refractivity contribution < 1.29 is 13.2 Å². The van der Waals surface area contributed by atoms with E-state index < -0.39 is 10.0 Å². The molecular formula is C20H26N6O3S. The van der Waals surface area contributed by atoms with E-state index in [1.54, 1.807) is 24.7 Å². The molecule has 3 N–H and O–H groups in total. The maximum Gasteiger partial charge on any atom is 0.251 e. The highest BCUT2D eigenvalue weighted by Gasteiger charge is 2.60.